The van der Waals surface area contributed by atoms with Gasteiger partial charge in [0, 0.05) is 0 Å². The molecule has 0 unspecified atom stereocenters. The molecule has 0 aromatic heterocycles. The lowest BCUT2D eigenvalue weighted by molar-refractivity contribution is -0.155. The van der Waals surface area contributed by atoms with Crippen LogP contribution in [0.3, 0.4) is 0 Å². The third kappa shape index (κ3) is 4.26. The van der Waals surface area contributed by atoms with Crippen LogP contribution in [-0.4, -0.2) is 24.9 Å². The fourth-order valence-electron chi connectivity index (χ4n) is 0.406. The van der Waals surface area contributed by atoms with Crippen molar-refractivity contribution in [3.05, 3.63) is 0 Å². The Bertz CT molecular complexity index is 180. The highest BCUT2D eigenvalue weighted by Gasteiger charge is 2.13. The highest BCUT2D eigenvalue weighted by molar-refractivity contribution is 6.32. The maximum absolute atomic E-state index is 10.6. The molecule has 6 nitrogen and oxygen atoms in total. The molecule has 2 N–H and O–H groups in total. The van der Waals surface area contributed by atoms with Crippen LogP contribution in [0, 0.1) is 0 Å². The van der Waals surface area contributed by atoms with E-state index in [1.54, 1.807) is 6.92 Å². The first-order chi connectivity index (χ1) is 5.72. The first-order valence-corrected chi connectivity index (χ1v) is 3.38. The number of carbonyl (C=O) groups is 3. The minimum atomic E-state index is -1.01. The van der Waals surface area contributed by atoms with Crippen molar-refractivity contribution in [2.24, 2.45) is 0 Å². The molecule has 0 radical (unpaired) electrons. The predicted octanol–water partition coefficient (Wildman–Crippen LogP) is -1.28. The Labute approximate surface area is 69.2 Å². The number of carbonyl (C=O) groups excluding carboxylic acids is 3. The molecule has 6 heteroatoms. The van der Waals surface area contributed by atoms with Crippen molar-refractivity contribution in [3.63, 3.8) is 0 Å². The lowest BCUT2D eigenvalue weighted by Crippen LogP contribution is -2.41. The number of hydrogen-bond acceptors (Lipinski definition) is 4. The molecule has 0 saturated heterocycles. The molecule has 0 rings (SSSR count). The fourth-order valence-corrected chi connectivity index (χ4v) is 0.406. The topological polar surface area (TPSA) is 84.5 Å². The van der Waals surface area contributed by atoms with Gasteiger partial charge in [0.2, 0.25) is 6.41 Å². The van der Waals surface area contributed by atoms with Gasteiger partial charge in [0.15, 0.2) is 0 Å². The van der Waals surface area contributed by atoms with Crippen LogP contribution in [0.4, 0.5) is 0 Å². The number of hydrazine groups is 1. The number of ether oxygens (including phenoxy) is 1. The smallest absolute Gasteiger partial charge is 0.398 e. The van der Waals surface area contributed by atoms with Gasteiger partial charge in [-0.3, -0.25) is 20.4 Å². The van der Waals surface area contributed by atoms with Gasteiger partial charge in [0.1, 0.15) is 0 Å². The standard InChI is InChI=1S/C6H10N2O4/c1-2-3-12-6(11)5(10)8-7-4-9/h4H,2-3H2,1H3,(H,7,9)(H,8,10). The Morgan fingerprint density at radius 2 is 2.17 bits per heavy atom. The summed E-state index contributed by atoms with van der Waals surface area (Å²) >= 11 is 0. The highest BCUT2D eigenvalue weighted by Crippen LogP contribution is 1.81. The normalized spacial score (nSPS) is 8.42. The van der Waals surface area contributed by atoms with E-state index in [1.807, 2.05) is 10.9 Å². The van der Waals surface area contributed by atoms with Gasteiger partial charge in [-0.25, -0.2) is 4.79 Å². The molecule has 0 aliphatic carbocycles. The van der Waals surface area contributed by atoms with Crippen molar-refractivity contribution in [1.29, 1.82) is 0 Å². The highest BCUT2D eigenvalue weighted by atomic mass is 16.5. The lowest BCUT2D eigenvalue weighted by atomic mass is 10.5. The molecular weight excluding hydrogens is 164 g/mol. The van der Waals surface area contributed by atoms with E-state index >= 15 is 0 Å². The van der Waals surface area contributed by atoms with Crippen LogP contribution in [-0.2, 0) is 19.1 Å². The molecule has 0 aromatic rings. The zero-order chi connectivity index (χ0) is 9.40. The van der Waals surface area contributed by atoms with Gasteiger partial charge < -0.3 is 4.74 Å². The van der Waals surface area contributed by atoms with Gasteiger partial charge in [-0.15, -0.1) is 0 Å². The molecule has 2 amide bonds. The minimum absolute atomic E-state index is 0.188. The zero-order valence-corrected chi connectivity index (χ0v) is 6.62. The van der Waals surface area contributed by atoms with E-state index in [0.717, 1.165) is 0 Å². The second kappa shape index (κ2) is 6.14. The van der Waals surface area contributed by atoms with Gasteiger partial charge in [-0.2, -0.15) is 0 Å². The van der Waals surface area contributed by atoms with Gasteiger partial charge >= 0.3 is 11.9 Å². The Morgan fingerprint density at radius 3 is 2.67 bits per heavy atom. The summed E-state index contributed by atoms with van der Waals surface area (Å²) in [5, 5.41) is 0. The van der Waals surface area contributed by atoms with Gasteiger partial charge in [0.25, 0.3) is 0 Å². The number of hydrogen-bond donors (Lipinski definition) is 2. The number of rotatable bonds is 4. The summed E-state index contributed by atoms with van der Waals surface area (Å²) in [5.41, 5.74) is 3.63. The first kappa shape index (κ1) is 10.4. The van der Waals surface area contributed by atoms with E-state index < -0.39 is 11.9 Å². The molecule has 0 fully saturated rings. The second-order valence-corrected chi connectivity index (χ2v) is 1.85. The van der Waals surface area contributed by atoms with Crippen molar-refractivity contribution in [1.82, 2.24) is 10.9 Å². The molecule has 0 aliphatic heterocycles. The van der Waals surface area contributed by atoms with Crippen molar-refractivity contribution in [3.8, 4) is 0 Å². The Hall–Kier alpha value is -1.59. The van der Waals surface area contributed by atoms with E-state index in [9.17, 15) is 14.4 Å². The van der Waals surface area contributed by atoms with Gasteiger partial charge in [-0.1, -0.05) is 6.92 Å². The van der Waals surface area contributed by atoms with Crippen LogP contribution < -0.4 is 10.9 Å². The quantitative estimate of drug-likeness (QED) is 0.240. The molecule has 0 aromatic carbocycles. The molecule has 68 valence electrons. The maximum Gasteiger partial charge on any atom is 0.398 e. The SMILES string of the molecule is CCCOC(=O)C(=O)NNC=O. The van der Waals surface area contributed by atoms with E-state index in [0.29, 0.717) is 6.42 Å². The Kier molecular flexibility index (Phi) is 5.33. The average molecular weight is 174 g/mol. The number of esters is 1. The number of amides is 2. The largest absolute Gasteiger partial charge is 0.459 e. The van der Waals surface area contributed by atoms with Crippen molar-refractivity contribution in [2.75, 3.05) is 6.61 Å². The lowest BCUT2D eigenvalue weighted by Gasteiger charge is -2.02. The van der Waals surface area contributed by atoms with Crippen molar-refractivity contribution >= 4 is 18.3 Å². The minimum Gasteiger partial charge on any atom is -0.459 e. The summed E-state index contributed by atoms with van der Waals surface area (Å²) in [4.78, 5) is 30.9. The molecule has 0 atom stereocenters. The van der Waals surface area contributed by atoms with Crippen LogP contribution in [0.15, 0.2) is 0 Å². The van der Waals surface area contributed by atoms with E-state index in [-0.39, 0.29) is 13.0 Å². The van der Waals surface area contributed by atoms with Gasteiger partial charge in [-0.05, 0) is 6.42 Å². The summed E-state index contributed by atoms with van der Waals surface area (Å²) < 4.78 is 4.44. The van der Waals surface area contributed by atoms with Gasteiger partial charge in [0.05, 0.1) is 6.61 Å². The summed E-state index contributed by atoms with van der Waals surface area (Å²) in [6.07, 6.45) is 0.880. The zero-order valence-electron chi connectivity index (χ0n) is 6.62. The predicted molar refractivity (Wildman–Crippen MR) is 38.6 cm³/mol. The number of nitrogens with one attached hydrogen (secondary N) is 2. The van der Waals surface area contributed by atoms with E-state index in [2.05, 4.69) is 4.74 Å². The van der Waals surface area contributed by atoms with Crippen LogP contribution in [0.1, 0.15) is 13.3 Å². The van der Waals surface area contributed by atoms with Crippen LogP contribution >= 0.6 is 0 Å². The first-order valence-electron chi connectivity index (χ1n) is 3.38. The summed E-state index contributed by atoms with van der Waals surface area (Å²) in [5.74, 6) is -2.00. The molecule has 0 aliphatic rings. The second-order valence-electron chi connectivity index (χ2n) is 1.85. The average Bonchev–Trinajstić information content (AvgIpc) is 2.10. The Morgan fingerprint density at radius 1 is 1.50 bits per heavy atom. The van der Waals surface area contributed by atoms with Crippen LogP contribution in [0.5, 0.6) is 0 Å². The third-order valence-corrected chi connectivity index (χ3v) is 0.867. The van der Waals surface area contributed by atoms with Crippen LogP contribution in [0.25, 0.3) is 0 Å². The van der Waals surface area contributed by atoms with Crippen LogP contribution in [0.2, 0.25) is 0 Å². The fraction of sp³-hybridized carbons (Fsp3) is 0.500. The monoisotopic (exact) mass is 174 g/mol. The maximum atomic E-state index is 10.6. The Balaban J connectivity index is 3.61. The molecule has 0 heterocycles. The summed E-state index contributed by atoms with van der Waals surface area (Å²) in [6.45, 7) is 1.99. The summed E-state index contributed by atoms with van der Waals surface area (Å²) in [7, 11) is 0. The van der Waals surface area contributed by atoms with Crippen molar-refractivity contribution in [2.45, 2.75) is 13.3 Å². The summed E-state index contributed by atoms with van der Waals surface area (Å²) in [6, 6.07) is 0. The molecule has 0 spiro atoms. The third-order valence-electron chi connectivity index (χ3n) is 0.867. The van der Waals surface area contributed by atoms with E-state index in [4.69, 9.17) is 0 Å². The van der Waals surface area contributed by atoms with Crippen molar-refractivity contribution < 1.29 is 19.1 Å². The molecular formula is C6H10N2O4. The van der Waals surface area contributed by atoms with E-state index in [1.165, 1.54) is 0 Å². The molecule has 12 heavy (non-hydrogen) atoms. The molecule has 0 saturated carbocycles. The molecule has 0 bridgehead atoms.